The average molecular weight is 588 g/mol. The molecule has 2 saturated carbocycles. The number of amides is 1. The van der Waals surface area contributed by atoms with Gasteiger partial charge in [0.2, 0.25) is 5.91 Å². The van der Waals surface area contributed by atoms with Gasteiger partial charge in [-0.3, -0.25) is 14.6 Å². The summed E-state index contributed by atoms with van der Waals surface area (Å²) in [5.41, 5.74) is 6.64. The molecule has 0 aromatic rings. The van der Waals surface area contributed by atoms with Crippen LogP contribution in [0.2, 0.25) is 0 Å². The van der Waals surface area contributed by atoms with Gasteiger partial charge in [0.05, 0.1) is 51.3 Å². The number of carbonyl (C=O) groups excluding carboxylic acids is 1. The first-order valence-electron chi connectivity index (χ1n) is 15.6. The van der Waals surface area contributed by atoms with Gasteiger partial charge in [-0.25, -0.2) is 10.9 Å². The zero-order valence-electron chi connectivity index (χ0n) is 24.5. The van der Waals surface area contributed by atoms with Crippen molar-refractivity contribution in [2.45, 2.75) is 69.4 Å². The number of alkyl halides is 3. The minimum absolute atomic E-state index is 0.0260. The molecular formula is C29H48F3N5O4. The number of hydrogen-bond donors (Lipinski definition) is 2. The van der Waals surface area contributed by atoms with Crippen LogP contribution in [0.3, 0.4) is 0 Å². The number of methoxy groups -OCH3 is 1. The van der Waals surface area contributed by atoms with E-state index < -0.39 is 23.9 Å². The maximum absolute atomic E-state index is 14.5. The molecule has 0 bridgehead atoms. The molecule has 4 heterocycles. The van der Waals surface area contributed by atoms with Gasteiger partial charge in [-0.15, -0.1) is 0 Å². The van der Waals surface area contributed by atoms with Crippen LogP contribution in [0.5, 0.6) is 0 Å². The van der Waals surface area contributed by atoms with E-state index in [0.717, 1.165) is 52.0 Å². The smallest absolute Gasteiger partial charge is 0.382 e. The summed E-state index contributed by atoms with van der Waals surface area (Å²) in [5, 5.41) is 0. The molecule has 1 amide bonds. The summed E-state index contributed by atoms with van der Waals surface area (Å²) in [7, 11) is 3.73. The molecule has 7 unspecified atom stereocenters. The van der Waals surface area contributed by atoms with Gasteiger partial charge in [0, 0.05) is 50.7 Å². The number of nitrogens with one attached hydrogen (secondary N) is 2. The number of fused-ring (bicyclic) bond motifs is 1. The first-order chi connectivity index (χ1) is 19.7. The van der Waals surface area contributed by atoms with Crippen molar-refractivity contribution in [1.82, 2.24) is 25.6 Å². The van der Waals surface area contributed by atoms with Gasteiger partial charge in [0.15, 0.2) is 0 Å². The van der Waals surface area contributed by atoms with Crippen LogP contribution in [0.25, 0.3) is 0 Å². The van der Waals surface area contributed by atoms with Crippen molar-refractivity contribution in [3.05, 3.63) is 0 Å². The summed E-state index contributed by atoms with van der Waals surface area (Å²) in [6.45, 7) is 5.48. The predicted octanol–water partition coefficient (Wildman–Crippen LogP) is 2.29. The highest BCUT2D eigenvalue weighted by Gasteiger charge is 2.58. The number of hydrazine groups is 1. The Morgan fingerprint density at radius 1 is 1.15 bits per heavy atom. The summed E-state index contributed by atoms with van der Waals surface area (Å²) in [4.78, 5) is 20.3. The number of ether oxygens (including phenoxy) is 3. The van der Waals surface area contributed by atoms with Crippen LogP contribution in [-0.2, 0) is 19.0 Å². The van der Waals surface area contributed by atoms with Gasteiger partial charge in [-0.2, -0.15) is 13.2 Å². The van der Waals surface area contributed by atoms with E-state index in [0.29, 0.717) is 45.2 Å². The molecule has 4 aliphatic heterocycles. The van der Waals surface area contributed by atoms with Crippen LogP contribution in [0.15, 0.2) is 0 Å². The second kappa shape index (κ2) is 12.2. The molecule has 9 nitrogen and oxygen atoms in total. The highest BCUT2D eigenvalue weighted by atomic mass is 19.4. The molecule has 6 aliphatic rings. The molecule has 41 heavy (non-hydrogen) atoms. The minimum Gasteiger partial charge on any atom is -0.382 e. The molecule has 6 rings (SSSR count). The quantitative estimate of drug-likeness (QED) is 0.448. The van der Waals surface area contributed by atoms with E-state index in [1.807, 2.05) is 4.90 Å². The molecule has 4 saturated heterocycles. The molecule has 0 spiro atoms. The lowest BCUT2D eigenvalue weighted by Gasteiger charge is -2.52. The Labute approximate surface area is 241 Å². The molecule has 0 aromatic carbocycles. The Morgan fingerprint density at radius 2 is 1.98 bits per heavy atom. The number of nitrogens with zero attached hydrogens (tertiary/aromatic N) is 3. The molecule has 8 atom stereocenters. The number of rotatable bonds is 8. The standard InChI is InChI=1S/C29H48F3N5O4/c1-35-18-33-34-26(35)11-28(16-40-17-28)20-4-3-5-21(10-20)37-14-24-23(27(37)38)8-19(9-25(24)29(30,31)32)12-36-6-7-41-22(13-36)15-39-2/h19-26,33-34H,3-18H2,1-2H3/t19?,20?,21?,22-,23?,24?,25?,26?/m0/s1. The largest absolute Gasteiger partial charge is 0.392 e. The Bertz CT molecular complexity index is 921. The first-order valence-corrected chi connectivity index (χ1v) is 15.6. The molecule has 12 heteroatoms. The number of halogens is 3. The number of carbonyl (C=O) groups is 1. The molecule has 234 valence electrons. The zero-order valence-corrected chi connectivity index (χ0v) is 24.5. The predicted molar refractivity (Wildman–Crippen MR) is 145 cm³/mol. The van der Waals surface area contributed by atoms with E-state index in [-0.39, 0.29) is 48.5 Å². The lowest BCUT2D eigenvalue weighted by atomic mass is 9.64. The van der Waals surface area contributed by atoms with Crippen molar-refractivity contribution < 1.29 is 32.2 Å². The fourth-order valence-electron chi connectivity index (χ4n) is 8.95. The van der Waals surface area contributed by atoms with Crippen molar-refractivity contribution in [2.24, 2.45) is 35.0 Å². The summed E-state index contributed by atoms with van der Waals surface area (Å²) >= 11 is 0. The van der Waals surface area contributed by atoms with E-state index in [1.54, 1.807) is 7.11 Å². The summed E-state index contributed by atoms with van der Waals surface area (Å²) < 4.78 is 60.2. The minimum atomic E-state index is -4.29. The second-order valence-electron chi connectivity index (χ2n) is 13.8. The van der Waals surface area contributed by atoms with Crippen molar-refractivity contribution in [1.29, 1.82) is 0 Å². The van der Waals surface area contributed by atoms with Gasteiger partial charge in [0.1, 0.15) is 0 Å². The average Bonchev–Trinajstić information content (AvgIpc) is 3.48. The molecule has 6 fully saturated rings. The van der Waals surface area contributed by atoms with E-state index in [4.69, 9.17) is 14.2 Å². The van der Waals surface area contributed by atoms with Crippen molar-refractivity contribution in [3.63, 3.8) is 0 Å². The van der Waals surface area contributed by atoms with Crippen LogP contribution >= 0.6 is 0 Å². The van der Waals surface area contributed by atoms with E-state index in [2.05, 4.69) is 27.7 Å². The molecule has 2 N–H and O–H groups in total. The molecular weight excluding hydrogens is 539 g/mol. The fourth-order valence-corrected chi connectivity index (χ4v) is 8.95. The Kier molecular flexibility index (Phi) is 8.91. The lowest BCUT2D eigenvalue weighted by molar-refractivity contribution is -0.204. The van der Waals surface area contributed by atoms with Crippen LogP contribution in [0.1, 0.15) is 44.9 Å². The maximum atomic E-state index is 14.5. The Morgan fingerprint density at radius 3 is 2.66 bits per heavy atom. The SMILES string of the molecule is COC[C@@H]1CN(CC2CC3C(=O)N(C4CCCC(C5(CC6NNCN6C)COC5)C4)CC3C(C(F)(F)F)C2)CCO1. The van der Waals surface area contributed by atoms with Gasteiger partial charge >= 0.3 is 6.18 Å². The van der Waals surface area contributed by atoms with Crippen LogP contribution in [0.4, 0.5) is 13.2 Å². The third kappa shape index (κ3) is 6.17. The monoisotopic (exact) mass is 587 g/mol. The summed E-state index contributed by atoms with van der Waals surface area (Å²) in [5.74, 6) is -2.34. The highest BCUT2D eigenvalue weighted by molar-refractivity contribution is 5.82. The van der Waals surface area contributed by atoms with E-state index >= 15 is 0 Å². The Balaban J connectivity index is 1.13. The van der Waals surface area contributed by atoms with Gasteiger partial charge in [-0.05, 0) is 63.3 Å². The van der Waals surface area contributed by atoms with Crippen molar-refractivity contribution in [2.75, 3.05) is 73.4 Å². The third-order valence-electron chi connectivity index (χ3n) is 11.2. The number of morpholine rings is 1. The summed E-state index contributed by atoms with van der Waals surface area (Å²) in [6, 6.07) is 0.0260. The van der Waals surface area contributed by atoms with E-state index in [9.17, 15) is 18.0 Å². The highest BCUT2D eigenvalue weighted by Crippen LogP contribution is 2.53. The lowest BCUT2D eigenvalue weighted by Crippen LogP contribution is -2.56. The third-order valence-corrected chi connectivity index (χ3v) is 11.2. The van der Waals surface area contributed by atoms with Crippen LogP contribution < -0.4 is 10.9 Å². The number of likely N-dealkylation sites (tertiary alicyclic amines) is 1. The molecule has 0 aromatic heterocycles. The second-order valence-corrected chi connectivity index (χ2v) is 13.8. The zero-order chi connectivity index (χ0) is 28.8. The van der Waals surface area contributed by atoms with Crippen molar-refractivity contribution >= 4 is 5.91 Å². The number of hydrogen-bond acceptors (Lipinski definition) is 8. The van der Waals surface area contributed by atoms with Crippen molar-refractivity contribution in [3.8, 4) is 0 Å². The Hall–Kier alpha value is -1.02. The van der Waals surface area contributed by atoms with Crippen LogP contribution in [0, 0.1) is 35.0 Å². The summed E-state index contributed by atoms with van der Waals surface area (Å²) in [6.07, 6.45) is 1.37. The fraction of sp³-hybridized carbons (Fsp3) is 0.966. The molecule has 0 radical (unpaired) electrons. The van der Waals surface area contributed by atoms with Gasteiger partial charge in [-0.1, -0.05) is 6.42 Å². The van der Waals surface area contributed by atoms with Gasteiger partial charge in [0.25, 0.3) is 0 Å². The van der Waals surface area contributed by atoms with Gasteiger partial charge < -0.3 is 19.1 Å². The maximum Gasteiger partial charge on any atom is 0.392 e. The topological polar surface area (TPSA) is 78.5 Å². The van der Waals surface area contributed by atoms with Crippen LogP contribution in [-0.4, -0.2) is 119 Å². The molecule has 2 aliphatic carbocycles. The van der Waals surface area contributed by atoms with E-state index in [1.165, 1.54) is 0 Å². The normalized spacial score (nSPS) is 40.5. The first kappa shape index (κ1) is 30.0.